The Balaban J connectivity index is 0.00000324. The summed E-state index contributed by atoms with van der Waals surface area (Å²) >= 11 is 0. The third kappa shape index (κ3) is 2.63. The van der Waals surface area contributed by atoms with Crippen molar-refractivity contribution in [3.05, 3.63) is 0 Å². The van der Waals surface area contributed by atoms with E-state index in [1.54, 1.807) is 0 Å². The summed E-state index contributed by atoms with van der Waals surface area (Å²) in [7, 11) is 0. The van der Waals surface area contributed by atoms with Crippen LogP contribution in [0.2, 0.25) is 0 Å². The van der Waals surface area contributed by atoms with Crippen LogP contribution >= 0.6 is 0 Å². The van der Waals surface area contributed by atoms with E-state index in [2.05, 4.69) is 9.47 Å². The minimum Gasteiger partial charge on any atom is -0.536 e. The minimum absolute atomic E-state index is 0. The molecule has 3 nitrogen and oxygen atoms in total. The zero-order valence-corrected chi connectivity index (χ0v) is 11.0. The summed E-state index contributed by atoms with van der Waals surface area (Å²) in [5.41, 5.74) is 0. The van der Waals surface area contributed by atoms with Gasteiger partial charge in [-0.25, -0.2) is 0 Å². The van der Waals surface area contributed by atoms with Gasteiger partial charge in [-0.15, -0.1) is 0 Å². The number of rotatable bonds is 1. The maximum Gasteiger partial charge on any atom is 3.00 e. The maximum atomic E-state index is 12.9. The molecule has 2 unspecified atom stereocenters. The van der Waals surface area contributed by atoms with Crippen LogP contribution in [-0.2, 0) is 47.0 Å². The molecule has 0 aromatic heterocycles. The smallest absolute Gasteiger partial charge is 0.536 e. The van der Waals surface area contributed by atoms with E-state index in [0.717, 1.165) is 0 Å². The van der Waals surface area contributed by atoms with Crippen molar-refractivity contribution in [2.45, 2.75) is 30.1 Å². The molecule has 0 bridgehead atoms. The fourth-order valence-corrected chi connectivity index (χ4v) is 0.963. The molecular weight excluding hydrogens is 380 g/mol. The second-order valence-corrected chi connectivity index (χ2v) is 3.03. The van der Waals surface area contributed by atoms with Crippen LogP contribution in [0.1, 0.15) is 0 Å². The molecular formula is C6F9O3Y+2. The molecule has 1 saturated heterocycles. The number of halogens is 9. The Morgan fingerprint density at radius 1 is 0.842 bits per heavy atom. The van der Waals surface area contributed by atoms with Crippen LogP contribution in [0.25, 0.3) is 0 Å². The van der Waals surface area contributed by atoms with Crippen molar-refractivity contribution in [1.29, 1.82) is 0 Å². The molecule has 0 aromatic rings. The minimum atomic E-state index is -6.57. The zero-order valence-electron chi connectivity index (χ0n) is 8.20. The summed E-state index contributed by atoms with van der Waals surface area (Å²) in [6.07, 6.45) is -19.2. The molecule has 1 aliphatic heterocycles. The summed E-state index contributed by atoms with van der Waals surface area (Å²) < 4.78 is 115. The predicted octanol–water partition coefficient (Wildman–Crippen LogP) is 2.22. The van der Waals surface area contributed by atoms with E-state index < -0.39 is 30.1 Å². The van der Waals surface area contributed by atoms with Crippen molar-refractivity contribution in [2.75, 3.05) is 0 Å². The molecule has 0 N–H and O–H groups in total. The first kappa shape index (κ1) is 19.1. The van der Waals surface area contributed by atoms with Crippen molar-refractivity contribution in [1.82, 2.24) is 0 Å². The Bertz CT molecular complexity index is 366. The van der Waals surface area contributed by atoms with Crippen LogP contribution in [-0.4, -0.2) is 36.4 Å². The van der Waals surface area contributed by atoms with E-state index in [-0.39, 0.29) is 39.0 Å². The van der Waals surface area contributed by atoms with Gasteiger partial charge in [-0.05, 0) is 0 Å². The van der Waals surface area contributed by atoms with E-state index in [0.29, 0.717) is 0 Å². The van der Waals surface area contributed by atoms with Gasteiger partial charge in [0.2, 0.25) is 0 Å². The molecule has 1 rings (SSSR count). The van der Waals surface area contributed by atoms with Gasteiger partial charge in [-0.2, -0.15) is 45.8 Å². The zero-order chi connectivity index (χ0) is 14.6. The van der Waals surface area contributed by atoms with Crippen molar-refractivity contribution in [3.63, 3.8) is 0 Å². The van der Waals surface area contributed by atoms with Crippen LogP contribution in [0.5, 0.6) is 0 Å². The number of carbonyl (C=O) groups excluding carboxylic acids is 1. The summed E-state index contributed by atoms with van der Waals surface area (Å²) in [5.74, 6) is -11.3. The number of alkyl halides is 9. The Hall–Kier alpha value is 0.0639. The Labute approximate surface area is 123 Å². The van der Waals surface area contributed by atoms with Crippen LogP contribution in [0, 0.1) is 0 Å². The van der Waals surface area contributed by atoms with Gasteiger partial charge in [0.05, 0.1) is 0 Å². The van der Waals surface area contributed by atoms with E-state index in [4.69, 9.17) is 0 Å². The molecule has 1 aliphatic rings. The summed E-state index contributed by atoms with van der Waals surface area (Å²) in [4.78, 5) is 9.92. The van der Waals surface area contributed by atoms with Gasteiger partial charge in [0.15, 0.2) is 5.79 Å². The maximum absolute atomic E-state index is 12.9. The predicted molar refractivity (Wildman–Crippen MR) is 31.5 cm³/mol. The van der Waals surface area contributed by atoms with Gasteiger partial charge in [0, 0.05) is 0 Å². The average molecular weight is 380 g/mol. The molecule has 19 heavy (non-hydrogen) atoms. The van der Waals surface area contributed by atoms with Crippen molar-refractivity contribution in [2.24, 2.45) is 0 Å². The van der Waals surface area contributed by atoms with Crippen molar-refractivity contribution >= 4 is 6.29 Å². The molecule has 0 saturated carbocycles. The monoisotopic (exact) mass is 380 g/mol. The van der Waals surface area contributed by atoms with E-state index >= 15 is 0 Å². The first-order valence-corrected chi connectivity index (χ1v) is 3.72. The van der Waals surface area contributed by atoms with Crippen LogP contribution < -0.4 is 0 Å². The van der Waals surface area contributed by atoms with E-state index in [1.165, 1.54) is 0 Å². The molecule has 0 spiro atoms. The first-order chi connectivity index (χ1) is 7.72. The summed E-state index contributed by atoms with van der Waals surface area (Å²) in [6.45, 7) is 0. The van der Waals surface area contributed by atoms with Gasteiger partial charge in [0.1, 0.15) is 0 Å². The molecule has 0 aliphatic carbocycles. The molecule has 0 radical (unpaired) electrons. The molecule has 1 fully saturated rings. The average Bonchev–Trinajstić information content (AvgIpc) is 2.34. The first-order valence-electron chi connectivity index (χ1n) is 3.72. The van der Waals surface area contributed by atoms with Crippen LogP contribution in [0.3, 0.4) is 0 Å². The number of hydrogen-bond donors (Lipinski definition) is 0. The van der Waals surface area contributed by atoms with E-state index in [1.807, 2.05) is 0 Å². The third-order valence-electron chi connectivity index (χ3n) is 1.80. The SMILES string of the molecule is O=[C-]C1(C(F)(F)F)OC(F)(F)C(F)(C(F)(F)F)O1.[Y+3]. The summed E-state index contributed by atoms with van der Waals surface area (Å²) in [5, 5.41) is 0. The summed E-state index contributed by atoms with van der Waals surface area (Å²) in [6, 6.07) is 0. The second kappa shape index (κ2) is 4.81. The normalized spacial score (nSPS) is 34.8. The van der Waals surface area contributed by atoms with Gasteiger partial charge in [-0.1, -0.05) is 0 Å². The fourth-order valence-electron chi connectivity index (χ4n) is 0.963. The van der Waals surface area contributed by atoms with Gasteiger partial charge >= 0.3 is 57.0 Å². The molecule has 1 heterocycles. The van der Waals surface area contributed by atoms with Crippen LogP contribution in [0.4, 0.5) is 39.5 Å². The van der Waals surface area contributed by atoms with Crippen molar-refractivity contribution < 1.29 is 86.5 Å². The molecule has 0 amide bonds. The van der Waals surface area contributed by atoms with Gasteiger partial charge < -0.3 is 14.3 Å². The quantitative estimate of drug-likeness (QED) is 0.517. The second-order valence-electron chi connectivity index (χ2n) is 3.03. The number of ether oxygens (including phenoxy) is 2. The Morgan fingerprint density at radius 2 is 1.26 bits per heavy atom. The Morgan fingerprint density at radius 3 is 1.42 bits per heavy atom. The van der Waals surface area contributed by atoms with Crippen molar-refractivity contribution in [3.8, 4) is 0 Å². The fraction of sp³-hybridized carbons (Fsp3) is 0.833. The molecule has 0 aromatic carbocycles. The van der Waals surface area contributed by atoms with Crippen LogP contribution in [0.15, 0.2) is 0 Å². The number of hydrogen-bond acceptors (Lipinski definition) is 3. The topological polar surface area (TPSA) is 35.5 Å². The molecule has 13 heteroatoms. The molecule has 106 valence electrons. The third-order valence-corrected chi connectivity index (χ3v) is 1.80. The van der Waals surface area contributed by atoms with E-state index in [9.17, 15) is 44.3 Å². The van der Waals surface area contributed by atoms with Gasteiger partial charge in [0.25, 0.3) is 0 Å². The Kier molecular flexibility index (Phi) is 4.83. The molecule has 2 atom stereocenters. The standard InChI is InChI=1S/C6F9O3.Y/c7-3(5(11,12)13)6(14,15)18-2(1-16,17-3)4(8,9)10;/q-1;+3. The van der Waals surface area contributed by atoms with Gasteiger partial charge in [-0.3, -0.25) is 0 Å². The largest absolute Gasteiger partial charge is 3.00 e.